The highest BCUT2D eigenvalue weighted by atomic mass is 16.5. The lowest BCUT2D eigenvalue weighted by molar-refractivity contribution is -0.159. The Hall–Kier alpha value is -4.33. The number of carbonyl (C=O) groups excluding carboxylic acids is 2. The lowest BCUT2D eigenvalue weighted by Gasteiger charge is -2.33. The number of benzene rings is 3. The van der Waals surface area contributed by atoms with Crippen molar-refractivity contribution in [2.45, 2.75) is 59.2 Å². The highest BCUT2D eigenvalue weighted by molar-refractivity contribution is 5.85. The fourth-order valence-electron chi connectivity index (χ4n) is 4.60. The number of carbonyl (C=O) groups is 2. The van der Waals surface area contributed by atoms with Gasteiger partial charge in [-0.05, 0) is 45.9 Å². The van der Waals surface area contributed by atoms with Gasteiger partial charge in [0.1, 0.15) is 12.6 Å². The Morgan fingerprint density at radius 3 is 2.28 bits per heavy atom. The molecule has 3 aromatic carbocycles. The largest absolute Gasteiger partial charge is 0.459 e. The fraction of sp³-hybridized carbons (Fsp3) is 0.323. The van der Waals surface area contributed by atoms with Crippen LogP contribution in [0.4, 0.5) is 0 Å². The number of H-pyrrole nitrogens is 1. The predicted octanol–water partition coefficient (Wildman–Crippen LogP) is 5.82. The molecule has 1 amide bonds. The molecule has 39 heavy (non-hydrogen) atoms. The minimum absolute atomic E-state index is 0.0690. The van der Waals surface area contributed by atoms with Crippen LogP contribution in [-0.2, 0) is 27.5 Å². The zero-order valence-corrected chi connectivity index (χ0v) is 22.7. The highest BCUT2D eigenvalue weighted by Crippen LogP contribution is 2.31. The van der Waals surface area contributed by atoms with Crippen LogP contribution < -0.4 is 0 Å². The van der Waals surface area contributed by atoms with Crippen molar-refractivity contribution in [3.63, 3.8) is 0 Å². The van der Waals surface area contributed by atoms with E-state index < -0.39 is 12.0 Å². The Kier molecular flexibility index (Phi) is 9.56. The number of ether oxygens (including phenoxy) is 1. The molecule has 202 valence electrons. The molecule has 4 rings (SSSR count). The topological polar surface area (TPSA) is 101 Å². The van der Waals surface area contributed by atoms with Crippen LogP contribution in [0.5, 0.6) is 0 Å². The van der Waals surface area contributed by atoms with E-state index in [4.69, 9.17) is 4.74 Å². The Morgan fingerprint density at radius 2 is 1.64 bits per heavy atom. The van der Waals surface area contributed by atoms with Crippen LogP contribution in [0, 0.1) is 5.92 Å². The molecule has 0 aliphatic rings. The maximum absolute atomic E-state index is 13.5. The molecule has 1 aromatic heterocycles. The summed E-state index contributed by atoms with van der Waals surface area (Å²) in [6, 6.07) is 24.8. The normalized spacial score (nSPS) is 11.8. The first-order chi connectivity index (χ1) is 19.0. The van der Waals surface area contributed by atoms with Crippen LogP contribution in [0.15, 0.2) is 78.9 Å². The van der Waals surface area contributed by atoms with E-state index in [-0.39, 0.29) is 25.0 Å². The summed E-state index contributed by atoms with van der Waals surface area (Å²) in [4.78, 5) is 28.6. The molecule has 0 bridgehead atoms. The Morgan fingerprint density at radius 1 is 0.923 bits per heavy atom. The van der Waals surface area contributed by atoms with Gasteiger partial charge >= 0.3 is 5.97 Å². The van der Waals surface area contributed by atoms with E-state index in [1.165, 1.54) is 0 Å². The lowest BCUT2D eigenvalue weighted by atomic mass is 9.96. The van der Waals surface area contributed by atoms with Gasteiger partial charge in [-0.25, -0.2) is 4.79 Å². The second-order valence-electron chi connectivity index (χ2n) is 9.89. The monoisotopic (exact) mass is 525 g/mol. The molecule has 0 saturated carbocycles. The Balaban J connectivity index is 1.66. The molecule has 1 N–H and O–H groups in total. The first-order valence-electron chi connectivity index (χ1n) is 13.4. The van der Waals surface area contributed by atoms with E-state index in [2.05, 4.69) is 20.6 Å². The molecule has 0 fully saturated rings. The summed E-state index contributed by atoms with van der Waals surface area (Å²) < 4.78 is 5.72. The third-order valence-corrected chi connectivity index (χ3v) is 6.61. The Labute approximate surface area is 229 Å². The molecular formula is C31H35N5O3. The van der Waals surface area contributed by atoms with Gasteiger partial charge in [0.15, 0.2) is 0 Å². The predicted molar refractivity (Wildman–Crippen MR) is 150 cm³/mol. The number of nitrogens with zero attached hydrogens (tertiary/aromatic N) is 4. The molecule has 8 heteroatoms. The molecule has 0 saturated heterocycles. The molecule has 8 nitrogen and oxygen atoms in total. The van der Waals surface area contributed by atoms with Gasteiger partial charge in [-0.15, -0.1) is 10.2 Å². The summed E-state index contributed by atoms with van der Waals surface area (Å²) in [6.07, 6.45) is 2.00. The van der Waals surface area contributed by atoms with Gasteiger partial charge < -0.3 is 9.64 Å². The van der Waals surface area contributed by atoms with Gasteiger partial charge in [0.05, 0.1) is 0 Å². The molecule has 0 aliphatic heterocycles. The van der Waals surface area contributed by atoms with Crippen LogP contribution in [0.2, 0.25) is 0 Å². The van der Waals surface area contributed by atoms with E-state index in [0.29, 0.717) is 12.2 Å². The van der Waals surface area contributed by atoms with Crippen molar-refractivity contribution in [3.8, 4) is 22.5 Å². The van der Waals surface area contributed by atoms with Crippen LogP contribution in [0.1, 0.15) is 51.2 Å². The van der Waals surface area contributed by atoms with Crippen LogP contribution in [0.25, 0.3) is 22.5 Å². The quantitative estimate of drug-likeness (QED) is 0.234. The summed E-state index contributed by atoms with van der Waals surface area (Å²) in [6.45, 7) is 6.35. The number of aromatic nitrogens is 4. The lowest BCUT2D eigenvalue weighted by Crippen LogP contribution is -2.48. The fourth-order valence-corrected chi connectivity index (χ4v) is 4.60. The van der Waals surface area contributed by atoms with Crippen molar-refractivity contribution in [1.82, 2.24) is 25.5 Å². The third-order valence-electron chi connectivity index (χ3n) is 6.61. The number of hydrogen-bond donors (Lipinski definition) is 1. The number of hydrogen-bond acceptors (Lipinski definition) is 6. The number of amides is 1. The SMILES string of the molecule is CCCCC(=O)N(Cc1ccc(-c2ccccc2)c(-c2nn[nH]n2)c1)C(C(=O)OCc1ccccc1)C(C)C. The van der Waals surface area contributed by atoms with Gasteiger partial charge in [0.2, 0.25) is 11.7 Å². The number of rotatable bonds is 12. The number of nitrogens with one attached hydrogen (secondary N) is 1. The molecule has 0 aliphatic carbocycles. The third kappa shape index (κ3) is 7.16. The average Bonchev–Trinajstić information content (AvgIpc) is 3.50. The second-order valence-corrected chi connectivity index (χ2v) is 9.89. The number of tetrazole rings is 1. The van der Waals surface area contributed by atoms with Crippen molar-refractivity contribution in [2.75, 3.05) is 0 Å². The summed E-state index contributed by atoms with van der Waals surface area (Å²) in [5, 5.41) is 14.7. The van der Waals surface area contributed by atoms with E-state index in [1.807, 2.05) is 99.6 Å². The second kappa shape index (κ2) is 13.5. The summed E-state index contributed by atoms with van der Waals surface area (Å²) >= 11 is 0. The van der Waals surface area contributed by atoms with Gasteiger partial charge in [-0.3, -0.25) is 4.79 Å². The zero-order valence-electron chi connectivity index (χ0n) is 22.7. The first-order valence-corrected chi connectivity index (χ1v) is 13.4. The van der Waals surface area contributed by atoms with Crippen molar-refractivity contribution in [2.24, 2.45) is 5.92 Å². The van der Waals surface area contributed by atoms with Crippen molar-refractivity contribution in [1.29, 1.82) is 0 Å². The van der Waals surface area contributed by atoms with Crippen molar-refractivity contribution < 1.29 is 14.3 Å². The number of esters is 1. The van der Waals surface area contributed by atoms with Crippen molar-refractivity contribution in [3.05, 3.63) is 90.0 Å². The van der Waals surface area contributed by atoms with Crippen LogP contribution in [0.3, 0.4) is 0 Å². The summed E-state index contributed by atoms with van der Waals surface area (Å²) in [5.41, 5.74) is 4.53. The maximum Gasteiger partial charge on any atom is 0.329 e. The van der Waals surface area contributed by atoms with E-state index in [9.17, 15) is 9.59 Å². The minimum atomic E-state index is -0.722. The number of unbranched alkanes of at least 4 members (excludes halogenated alkanes) is 1. The summed E-state index contributed by atoms with van der Waals surface area (Å²) in [5.74, 6) is -0.153. The zero-order chi connectivity index (χ0) is 27.6. The standard InChI is InChI=1S/C31H35N5O3/c1-4-5-16-28(37)36(29(22(2)3)31(38)39-21-23-12-8-6-9-13-23)20-24-17-18-26(25-14-10-7-11-15-25)27(19-24)30-32-34-35-33-30/h6-15,17-19,22,29H,4-5,16,20-21H2,1-3H3,(H,32,33,34,35). The molecule has 1 heterocycles. The molecule has 1 atom stereocenters. The van der Waals surface area contributed by atoms with Gasteiger partial charge in [0.25, 0.3) is 0 Å². The van der Waals surface area contributed by atoms with E-state index >= 15 is 0 Å². The van der Waals surface area contributed by atoms with Crippen LogP contribution in [-0.4, -0.2) is 43.4 Å². The molecule has 0 radical (unpaired) electrons. The highest BCUT2D eigenvalue weighted by Gasteiger charge is 2.34. The first kappa shape index (κ1) is 27.7. The molecule has 1 unspecified atom stereocenters. The molecule has 0 spiro atoms. The van der Waals surface area contributed by atoms with Crippen molar-refractivity contribution >= 4 is 11.9 Å². The van der Waals surface area contributed by atoms with Gasteiger partial charge in [-0.1, -0.05) is 100.0 Å². The van der Waals surface area contributed by atoms with Gasteiger partial charge in [-0.2, -0.15) is 5.21 Å². The van der Waals surface area contributed by atoms with E-state index in [0.717, 1.165) is 40.7 Å². The molecule has 4 aromatic rings. The average molecular weight is 526 g/mol. The molecular weight excluding hydrogens is 490 g/mol. The number of aromatic amines is 1. The smallest absolute Gasteiger partial charge is 0.329 e. The summed E-state index contributed by atoms with van der Waals surface area (Å²) in [7, 11) is 0. The minimum Gasteiger partial charge on any atom is -0.459 e. The van der Waals surface area contributed by atoms with E-state index in [1.54, 1.807) is 4.90 Å². The maximum atomic E-state index is 13.5. The Bertz CT molecular complexity index is 1340. The van der Waals surface area contributed by atoms with Gasteiger partial charge in [0, 0.05) is 18.5 Å². The van der Waals surface area contributed by atoms with Crippen LogP contribution >= 0.6 is 0 Å².